The van der Waals surface area contributed by atoms with Crippen LogP contribution in [0.3, 0.4) is 0 Å². The van der Waals surface area contributed by atoms with Crippen molar-refractivity contribution in [3.8, 4) is 0 Å². The maximum Gasteiger partial charge on any atom is 0.191 e. The largest absolute Gasteiger partial charge is 0.331 e. The molecule has 0 fully saturated rings. The van der Waals surface area contributed by atoms with Gasteiger partial charge in [-0.1, -0.05) is 23.3 Å². The molecule has 2 rings (SSSR count). The zero-order valence-corrected chi connectivity index (χ0v) is 12.4. The second-order valence-electron chi connectivity index (χ2n) is 4.98. The first kappa shape index (κ1) is 13.7. The van der Waals surface area contributed by atoms with Crippen molar-refractivity contribution < 1.29 is 0 Å². The van der Waals surface area contributed by atoms with Crippen LogP contribution in [0.15, 0.2) is 34.9 Å². The monoisotopic (exact) mass is 273 g/mol. The lowest BCUT2D eigenvalue weighted by atomic mass is 10.1. The van der Waals surface area contributed by atoms with E-state index in [1.54, 1.807) is 0 Å². The number of hydrogen-bond donors (Lipinski definition) is 2. The number of anilines is 1. The highest BCUT2D eigenvalue weighted by molar-refractivity contribution is 7.80. The molecule has 1 aromatic rings. The maximum atomic E-state index is 5.24. The summed E-state index contributed by atoms with van der Waals surface area (Å²) in [5, 5.41) is 7.99. The van der Waals surface area contributed by atoms with Crippen molar-refractivity contribution in [3.63, 3.8) is 0 Å². The highest BCUT2D eigenvalue weighted by Crippen LogP contribution is 2.16. The van der Waals surface area contributed by atoms with Gasteiger partial charge in [-0.15, -0.1) is 0 Å². The zero-order chi connectivity index (χ0) is 13.8. The van der Waals surface area contributed by atoms with Gasteiger partial charge in [0, 0.05) is 5.69 Å². The molecule has 19 heavy (non-hydrogen) atoms. The van der Waals surface area contributed by atoms with Gasteiger partial charge in [0.1, 0.15) is 0 Å². The van der Waals surface area contributed by atoms with Crippen molar-refractivity contribution in [2.45, 2.75) is 33.6 Å². The quantitative estimate of drug-likeness (QED) is 0.637. The summed E-state index contributed by atoms with van der Waals surface area (Å²) in [5.74, 6) is 0. The molecule has 0 spiro atoms. The summed E-state index contributed by atoms with van der Waals surface area (Å²) in [7, 11) is 0. The summed E-state index contributed by atoms with van der Waals surface area (Å²) in [5.41, 5.74) is 8.76. The number of hydrazone groups is 1. The molecule has 0 unspecified atom stereocenters. The second kappa shape index (κ2) is 5.97. The Morgan fingerprint density at radius 1 is 1.21 bits per heavy atom. The molecule has 1 aromatic carbocycles. The number of benzene rings is 1. The van der Waals surface area contributed by atoms with E-state index in [1.165, 1.54) is 16.7 Å². The Labute approximate surface area is 119 Å². The van der Waals surface area contributed by atoms with Gasteiger partial charge < -0.3 is 5.32 Å². The van der Waals surface area contributed by atoms with Crippen LogP contribution in [-0.4, -0.2) is 10.8 Å². The van der Waals surface area contributed by atoms with Crippen LogP contribution in [0.5, 0.6) is 0 Å². The summed E-state index contributed by atoms with van der Waals surface area (Å²) in [6.45, 7) is 6.26. The van der Waals surface area contributed by atoms with E-state index < -0.39 is 0 Å². The van der Waals surface area contributed by atoms with Crippen LogP contribution in [0.1, 0.15) is 30.9 Å². The molecule has 0 aliphatic heterocycles. The minimum absolute atomic E-state index is 0.525. The molecule has 2 N–H and O–H groups in total. The summed E-state index contributed by atoms with van der Waals surface area (Å²) in [4.78, 5) is 0. The Morgan fingerprint density at radius 2 is 2.00 bits per heavy atom. The second-order valence-corrected chi connectivity index (χ2v) is 5.39. The minimum Gasteiger partial charge on any atom is -0.331 e. The van der Waals surface area contributed by atoms with E-state index in [4.69, 9.17) is 12.2 Å². The van der Waals surface area contributed by atoms with Crippen LogP contribution in [-0.2, 0) is 0 Å². The topological polar surface area (TPSA) is 36.4 Å². The first-order valence-corrected chi connectivity index (χ1v) is 6.83. The van der Waals surface area contributed by atoms with Gasteiger partial charge in [0.15, 0.2) is 5.11 Å². The molecule has 3 nitrogen and oxygen atoms in total. The summed E-state index contributed by atoms with van der Waals surface area (Å²) in [6, 6.07) is 6.22. The number of nitrogens with zero attached hydrogens (tertiary/aromatic N) is 1. The number of nitrogens with one attached hydrogen (secondary N) is 2. The standard InChI is InChI=1S/C15H19N3S/c1-10-5-7-14(12(3)8-10)16-15(19)18-17-13-6-4-11(2)9-13/h5,7-9H,4,6H2,1-3H3,(H2,16,18,19)/b17-13+. The fraction of sp³-hybridized carbons (Fsp3) is 0.333. The molecule has 0 aromatic heterocycles. The lowest BCUT2D eigenvalue weighted by molar-refractivity contribution is 1.00. The lowest BCUT2D eigenvalue weighted by Crippen LogP contribution is -2.25. The van der Waals surface area contributed by atoms with E-state index in [9.17, 15) is 0 Å². The molecule has 0 bridgehead atoms. The Hall–Kier alpha value is -1.68. The van der Waals surface area contributed by atoms with E-state index in [0.29, 0.717) is 5.11 Å². The number of thiocarbonyl (C=S) groups is 1. The average molecular weight is 273 g/mol. The van der Waals surface area contributed by atoms with Gasteiger partial charge in [-0.25, -0.2) is 0 Å². The normalized spacial score (nSPS) is 16.4. The van der Waals surface area contributed by atoms with Gasteiger partial charge in [-0.05, 0) is 63.5 Å². The van der Waals surface area contributed by atoms with Crippen molar-refractivity contribution in [1.29, 1.82) is 0 Å². The summed E-state index contributed by atoms with van der Waals surface area (Å²) >= 11 is 5.24. The Kier molecular flexibility index (Phi) is 4.32. The zero-order valence-electron chi connectivity index (χ0n) is 11.6. The third kappa shape index (κ3) is 3.89. The van der Waals surface area contributed by atoms with Crippen LogP contribution in [0.25, 0.3) is 0 Å². The predicted octanol–water partition coefficient (Wildman–Crippen LogP) is 3.69. The lowest BCUT2D eigenvalue weighted by Gasteiger charge is -2.10. The van der Waals surface area contributed by atoms with Gasteiger partial charge in [0.25, 0.3) is 0 Å². The van der Waals surface area contributed by atoms with Crippen LogP contribution in [0, 0.1) is 13.8 Å². The van der Waals surface area contributed by atoms with Gasteiger partial charge in [-0.2, -0.15) is 5.10 Å². The fourth-order valence-electron chi connectivity index (χ4n) is 2.07. The number of rotatable bonds is 2. The Balaban J connectivity index is 1.94. The highest BCUT2D eigenvalue weighted by Gasteiger charge is 2.07. The van der Waals surface area contributed by atoms with Gasteiger partial charge in [0.05, 0.1) is 5.71 Å². The molecule has 1 aliphatic carbocycles. The van der Waals surface area contributed by atoms with Crippen molar-refractivity contribution in [2.24, 2.45) is 5.10 Å². The third-order valence-corrected chi connectivity index (χ3v) is 3.31. The summed E-state index contributed by atoms with van der Waals surface area (Å²) in [6.07, 6.45) is 4.19. The number of hydrogen-bond acceptors (Lipinski definition) is 2. The number of allylic oxidation sites excluding steroid dienone is 2. The molecule has 0 saturated carbocycles. The Bertz CT molecular complexity index is 559. The predicted molar refractivity (Wildman–Crippen MR) is 85.7 cm³/mol. The van der Waals surface area contributed by atoms with E-state index in [0.717, 1.165) is 24.2 Å². The van der Waals surface area contributed by atoms with E-state index in [1.807, 2.05) is 6.07 Å². The molecule has 4 heteroatoms. The van der Waals surface area contributed by atoms with E-state index in [-0.39, 0.29) is 0 Å². The molecule has 100 valence electrons. The molecular weight excluding hydrogens is 254 g/mol. The molecule has 0 saturated heterocycles. The van der Waals surface area contributed by atoms with E-state index in [2.05, 4.69) is 54.8 Å². The first-order chi connectivity index (χ1) is 9.04. The van der Waals surface area contributed by atoms with Crippen LogP contribution in [0.4, 0.5) is 5.69 Å². The van der Waals surface area contributed by atoms with Crippen LogP contribution in [0.2, 0.25) is 0 Å². The van der Waals surface area contributed by atoms with Crippen LogP contribution >= 0.6 is 12.2 Å². The van der Waals surface area contributed by atoms with Crippen molar-refractivity contribution in [1.82, 2.24) is 5.43 Å². The SMILES string of the molecule is CC1=C/C(=N/NC(=S)Nc2ccc(C)cc2C)CC1. The van der Waals surface area contributed by atoms with Gasteiger partial charge in [-0.3, -0.25) is 5.43 Å². The average Bonchev–Trinajstić information content (AvgIpc) is 2.76. The maximum absolute atomic E-state index is 5.24. The summed E-state index contributed by atoms with van der Waals surface area (Å²) < 4.78 is 0. The highest BCUT2D eigenvalue weighted by atomic mass is 32.1. The Morgan fingerprint density at radius 3 is 2.63 bits per heavy atom. The first-order valence-electron chi connectivity index (χ1n) is 6.42. The molecule has 0 amide bonds. The molecule has 1 aliphatic rings. The molecular formula is C15H19N3S. The van der Waals surface area contributed by atoms with Crippen molar-refractivity contribution in [3.05, 3.63) is 41.0 Å². The molecule has 0 heterocycles. The minimum atomic E-state index is 0.525. The molecule has 0 atom stereocenters. The van der Waals surface area contributed by atoms with Crippen molar-refractivity contribution >= 4 is 28.7 Å². The van der Waals surface area contributed by atoms with Crippen molar-refractivity contribution in [2.75, 3.05) is 5.32 Å². The smallest absolute Gasteiger partial charge is 0.191 e. The van der Waals surface area contributed by atoms with Gasteiger partial charge in [0.2, 0.25) is 0 Å². The van der Waals surface area contributed by atoms with Crippen LogP contribution < -0.4 is 10.7 Å². The fourth-order valence-corrected chi connectivity index (χ4v) is 2.22. The molecule has 0 radical (unpaired) electrons. The third-order valence-electron chi connectivity index (χ3n) is 3.12. The van der Waals surface area contributed by atoms with E-state index >= 15 is 0 Å². The van der Waals surface area contributed by atoms with Gasteiger partial charge >= 0.3 is 0 Å². The number of aryl methyl sites for hydroxylation is 2.